The number of aromatic amines is 1. The zero-order chi connectivity index (χ0) is 15.4. The molecule has 0 bridgehead atoms. The molecule has 0 aliphatic heterocycles. The van der Waals surface area contributed by atoms with E-state index in [2.05, 4.69) is 10.2 Å². The Morgan fingerprint density at radius 2 is 2.05 bits per heavy atom. The monoisotopic (exact) mass is 287 g/mol. The van der Waals surface area contributed by atoms with Crippen molar-refractivity contribution < 1.29 is 9.53 Å². The molecule has 2 rings (SSSR count). The van der Waals surface area contributed by atoms with E-state index in [4.69, 9.17) is 4.74 Å². The third-order valence-electron chi connectivity index (χ3n) is 3.67. The van der Waals surface area contributed by atoms with E-state index >= 15 is 0 Å². The van der Waals surface area contributed by atoms with Crippen LogP contribution in [0.15, 0.2) is 30.3 Å². The van der Waals surface area contributed by atoms with Gasteiger partial charge in [-0.25, -0.2) is 0 Å². The predicted molar refractivity (Wildman–Crippen MR) is 83.4 cm³/mol. The summed E-state index contributed by atoms with van der Waals surface area (Å²) in [6.45, 7) is 3.93. The van der Waals surface area contributed by atoms with Crippen LogP contribution in [0.5, 0.6) is 5.75 Å². The SMILES string of the molecule is CC[C@@H](C)C(=O)N(C)c1cc(-c2ccc(OC)cc2)[nH]n1. The summed E-state index contributed by atoms with van der Waals surface area (Å²) in [7, 11) is 3.39. The smallest absolute Gasteiger partial charge is 0.230 e. The maximum Gasteiger partial charge on any atom is 0.230 e. The quantitative estimate of drug-likeness (QED) is 0.919. The van der Waals surface area contributed by atoms with E-state index in [9.17, 15) is 4.79 Å². The number of hydrogen-bond donors (Lipinski definition) is 1. The van der Waals surface area contributed by atoms with Crippen LogP contribution < -0.4 is 9.64 Å². The number of anilines is 1. The molecule has 1 atom stereocenters. The van der Waals surface area contributed by atoms with Gasteiger partial charge < -0.3 is 4.74 Å². The highest BCUT2D eigenvalue weighted by Crippen LogP contribution is 2.24. The molecule has 1 heterocycles. The van der Waals surface area contributed by atoms with Gasteiger partial charge in [0, 0.05) is 19.0 Å². The number of nitrogens with one attached hydrogen (secondary N) is 1. The predicted octanol–water partition coefficient (Wildman–Crippen LogP) is 3.09. The fourth-order valence-corrected chi connectivity index (χ4v) is 2.02. The van der Waals surface area contributed by atoms with E-state index < -0.39 is 0 Å². The molecule has 1 N–H and O–H groups in total. The number of ether oxygens (including phenoxy) is 1. The Labute approximate surface area is 124 Å². The van der Waals surface area contributed by atoms with E-state index in [0.717, 1.165) is 23.4 Å². The lowest BCUT2D eigenvalue weighted by Gasteiger charge is -2.17. The summed E-state index contributed by atoms with van der Waals surface area (Å²) in [5.41, 5.74) is 1.87. The average molecular weight is 287 g/mol. The van der Waals surface area contributed by atoms with Gasteiger partial charge in [0.25, 0.3) is 0 Å². The van der Waals surface area contributed by atoms with Gasteiger partial charge in [0.15, 0.2) is 5.82 Å². The Bertz CT molecular complexity index is 604. The third kappa shape index (κ3) is 3.24. The number of methoxy groups -OCH3 is 1. The second kappa shape index (κ2) is 6.43. The number of amides is 1. The summed E-state index contributed by atoms with van der Waals surface area (Å²) in [5.74, 6) is 1.51. The van der Waals surface area contributed by atoms with Crippen molar-refractivity contribution >= 4 is 11.7 Å². The maximum absolute atomic E-state index is 12.2. The lowest BCUT2D eigenvalue weighted by Crippen LogP contribution is -2.31. The molecule has 0 fully saturated rings. The minimum atomic E-state index is -0.00358. The average Bonchev–Trinajstić information content (AvgIpc) is 3.02. The molecule has 0 aliphatic carbocycles. The summed E-state index contributed by atoms with van der Waals surface area (Å²) in [6, 6.07) is 9.56. The van der Waals surface area contributed by atoms with Crippen molar-refractivity contribution in [1.29, 1.82) is 0 Å². The van der Waals surface area contributed by atoms with Gasteiger partial charge in [-0.3, -0.25) is 14.8 Å². The molecule has 0 aliphatic rings. The van der Waals surface area contributed by atoms with Crippen molar-refractivity contribution in [3.8, 4) is 17.0 Å². The number of rotatable bonds is 5. The first-order valence-electron chi connectivity index (χ1n) is 7.04. The van der Waals surface area contributed by atoms with Crippen LogP contribution in [0.3, 0.4) is 0 Å². The van der Waals surface area contributed by atoms with Crippen LogP contribution >= 0.6 is 0 Å². The van der Waals surface area contributed by atoms with E-state index in [-0.39, 0.29) is 11.8 Å². The molecule has 0 saturated carbocycles. The Kier molecular flexibility index (Phi) is 4.62. The van der Waals surface area contributed by atoms with E-state index in [1.165, 1.54) is 0 Å². The summed E-state index contributed by atoms with van der Waals surface area (Å²) < 4.78 is 5.14. The molecule has 1 aromatic carbocycles. The van der Waals surface area contributed by atoms with E-state index in [1.807, 2.05) is 44.2 Å². The molecule has 0 saturated heterocycles. The third-order valence-corrected chi connectivity index (χ3v) is 3.67. The molecule has 21 heavy (non-hydrogen) atoms. The zero-order valence-electron chi connectivity index (χ0n) is 12.9. The second-order valence-corrected chi connectivity index (χ2v) is 5.07. The van der Waals surface area contributed by atoms with Crippen molar-refractivity contribution in [3.63, 3.8) is 0 Å². The fourth-order valence-electron chi connectivity index (χ4n) is 2.02. The Morgan fingerprint density at radius 3 is 2.62 bits per heavy atom. The molecule has 5 heteroatoms. The Hall–Kier alpha value is -2.30. The lowest BCUT2D eigenvalue weighted by atomic mass is 10.1. The van der Waals surface area contributed by atoms with Crippen LogP contribution in [0, 0.1) is 5.92 Å². The maximum atomic E-state index is 12.2. The van der Waals surface area contributed by atoms with Crippen LogP contribution in [0.4, 0.5) is 5.82 Å². The zero-order valence-corrected chi connectivity index (χ0v) is 12.9. The number of hydrogen-bond acceptors (Lipinski definition) is 3. The normalized spacial score (nSPS) is 12.0. The van der Waals surface area contributed by atoms with Crippen LogP contribution in [-0.2, 0) is 4.79 Å². The van der Waals surface area contributed by atoms with Gasteiger partial charge in [0.2, 0.25) is 5.91 Å². The number of carbonyl (C=O) groups excluding carboxylic acids is 1. The molecule has 5 nitrogen and oxygen atoms in total. The molecular weight excluding hydrogens is 266 g/mol. The van der Waals surface area contributed by atoms with Gasteiger partial charge in [-0.05, 0) is 36.2 Å². The van der Waals surface area contributed by atoms with Crippen molar-refractivity contribution in [2.75, 3.05) is 19.1 Å². The van der Waals surface area contributed by atoms with Gasteiger partial charge in [0.1, 0.15) is 5.75 Å². The molecular formula is C16H21N3O2. The molecule has 0 unspecified atom stereocenters. The van der Waals surface area contributed by atoms with Crippen LogP contribution in [0.1, 0.15) is 20.3 Å². The summed E-state index contributed by atoms with van der Waals surface area (Å²) in [6.07, 6.45) is 0.818. The largest absolute Gasteiger partial charge is 0.497 e. The van der Waals surface area contributed by atoms with Gasteiger partial charge in [-0.2, -0.15) is 5.10 Å². The first kappa shape index (κ1) is 15.1. The molecule has 2 aromatic rings. The van der Waals surface area contributed by atoms with Gasteiger partial charge in [0.05, 0.1) is 12.8 Å². The van der Waals surface area contributed by atoms with Crippen LogP contribution in [0.2, 0.25) is 0 Å². The summed E-state index contributed by atoms with van der Waals surface area (Å²) in [4.78, 5) is 13.8. The fraction of sp³-hybridized carbons (Fsp3) is 0.375. The highest BCUT2D eigenvalue weighted by Gasteiger charge is 2.19. The molecule has 1 aromatic heterocycles. The molecule has 112 valence electrons. The van der Waals surface area contributed by atoms with Gasteiger partial charge >= 0.3 is 0 Å². The van der Waals surface area contributed by atoms with Crippen LogP contribution in [-0.4, -0.2) is 30.3 Å². The minimum absolute atomic E-state index is 0.00358. The Balaban J connectivity index is 2.18. The first-order valence-corrected chi connectivity index (χ1v) is 7.04. The van der Waals surface area contributed by atoms with Crippen LogP contribution in [0.25, 0.3) is 11.3 Å². The number of carbonyl (C=O) groups is 1. The van der Waals surface area contributed by atoms with Crippen molar-refractivity contribution in [2.45, 2.75) is 20.3 Å². The van der Waals surface area contributed by atoms with E-state index in [0.29, 0.717) is 5.82 Å². The molecule has 1 amide bonds. The minimum Gasteiger partial charge on any atom is -0.497 e. The standard InChI is InChI=1S/C16H21N3O2/c1-5-11(2)16(20)19(3)15-10-14(17-18-15)12-6-8-13(21-4)9-7-12/h6-11H,5H2,1-4H3,(H,17,18)/t11-/m1/s1. The highest BCUT2D eigenvalue weighted by atomic mass is 16.5. The Morgan fingerprint density at radius 1 is 1.38 bits per heavy atom. The summed E-state index contributed by atoms with van der Waals surface area (Å²) in [5, 5.41) is 7.19. The first-order chi connectivity index (χ1) is 10.1. The number of aromatic nitrogens is 2. The van der Waals surface area contributed by atoms with E-state index in [1.54, 1.807) is 19.1 Å². The topological polar surface area (TPSA) is 58.2 Å². The van der Waals surface area contributed by atoms with Crippen molar-refractivity contribution in [3.05, 3.63) is 30.3 Å². The van der Waals surface area contributed by atoms with Crippen molar-refractivity contribution in [2.24, 2.45) is 5.92 Å². The second-order valence-electron chi connectivity index (χ2n) is 5.07. The number of nitrogens with zero attached hydrogens (tertiary/aromatic N) is 2. The number of H-pyrrole nitrogens is 1. The van der Waals surface area contributed by atoms with Gasteiger partial charge in [-0.1, -0.05) is 13.8 Å². The molecule has 0 spiro atoms. The van der Waals surface area contributed by atoms with Gasteiger partial charge in [-0.15, -0.1) is 0 Å². The highest BCUT2D eigenvalue weighted by molar-refractivity contribution is 5.93. The number of benzene rings is 1. The lowest BCUT2D eigenvalue weighted by molar-refractivity contribution is -0.121. The van der Waals surface area contributed by atoms with Crippen molar-refractivity contribution in [1.82, 2.24) is 10.2 Å². The molecule has 0 radical (unpaired) electrons. The summed E-state index contributed by atoms with van der Waals surface area (Å²) >= 11 is 0.